The first-order valence-corrected chi connectivity index (χ1v) is 9.09. The van der Waals surface area contributed by atoms with Gasteiger partial charge < -0.3 is 26.0 Å². The summed E-state index contributed by atoms with van der Waals surface area (Å²) in [6, 6.07) is 7.03. The molecule has 0 aliphatic heterocycles. The van der Waals surface area contributed by atoms with E-state index in [1.807, 2.05) is 6.92 Å². The molecule has 160 valence electrons. The Bertz CT molecular complexity index is 738. The van der Waals surface area contributed by atoms with Crippen molar-refractivity contribution < 1.29 is 14.3 Å². The lowest BCUT2D eigenvalue weighted by Crippen LogP contribution is -2.42. The number of carbonyl (C=O) groups excluding carboxylic acids is 2. The maximum atomic E-state index is 12.1. The number of hydrogen-bond acceptors (Lipinski definition) is 4. The van der Waals surface area contributed by atoms with Crippen molar-refractivity contribution in [2.75, 3.05) is 31.5 Å². The molecule has 0 radical (unpaired) electrons. The molecule has 1 aromatic carbocycles. The highest BCUT2D eigenvalue weighted by Crippen LogP contribution is 2.09. The van der Waals surface area contributed by atoms with Crippen molar-refractivity contribution in [3.63, 3.8) is 0 Å². The van der Waals surface area contributed by atoms with Gasteiger partial charge in [0.05, 0.1) is 0 Å². The van der Waals surface area contributed by atoms with Crippen LogP contribution in [-0.2, 0) is 9.53 Å². The number of halogens is 1. The van der Waals surface area contributed by atoms with Gasteiger partial charge in [-0.1, -0.05) is 12.0 Å². The van der Waals surface area contributed by atoms with Crippen LogP contribution in [0.1, 0.15) is 33.3 Å². The third kappa shape index (κ3) is 12.6. The van der Waals surface area contributed by atoms with Crippen molar-refractivity contribution in [1.29, 1.82) is 0 Å². The Labute approximate surface area is 189 Å². The molecule has 4 N–H and O–H groups in total. The number of anilines is 1. The molecule has 1 aromatic rings. The summed E-state index contributed by atoms with van der Waals surface area (Å²) in [5.74, 6) is 2.73. The molecule has 0 aromatic heterocycles. The van der Waals surface area contributed by atoms with Crippen molar-refractivity contribution in [2.45, 2.75) is 33.3 Å². The molecule has 9 heteroatoms. The zero-order chi connectivity index (χ0) is 21.0. The SMILES string of the molecule is C#Cc1cccc(NC(=O)CN=C(NCC)NCCNC(=O)OC(C)(C)C)c1.I. The van der Waals surface area contributed by atoms with E-state index in [0.717, 1.165) is 0 Å². The average molecular weight is 515 g/mol. The van der Waals surface area contributed by atoms with Crippen molar-refractivity contribution >= 4 is 47.6 Å². The van der Waals surface area contributed by atoms with Gasteiger partial charge in [0.1, 0.15) is 12.1 Å². The van der Waals surface area contributed by atoms with Gasteiger partial charge in [0.15, 0.2) is 5.96 Å². The molecule has 0 spiro atoms. The number of benzene rings is 1. The predicted molar refractivity (Wildman–Crippen MR) is 127 cm³/mol. The van der Waals surface area contributed by atoms with Crippen LogP contribution in [0.4, 0.5) is 10.5 Å². The molecule has 29 heavy (non-hydrogen) atoms. The molecule has 0 heterocycles. The van der Waals surface area contributed by atoms with Gasteiger partial charge in [-0.25, -0.2) is 9.79 Å². The molecular weight excluding hydrogens is 485 g/mol. The van der Waals surface area contributed by atoms with E-state index in [0.29, 0.717) is 36.8 Å². The van der Waals surface area contributed by atoms with Crippen LogP contribution < -0.4 is 21.3 Å². The quantitative estimate of drug-likeness (QED) is 0.147. The van der Waals surface area contributed by atoms with Gasteiger partial charge in [0, 0.05) is 30.9 Å². The maximum absolute atomic E-state index is 12.1. The minimum absolute atomic E-state index is 0. The first-order chi connectivity index (χ1) is 13.2. The molecular formula is C20H30IN5O3. The van der Waals surface area contributed by atoms with E-state index in [-0.39, 0.29) is 36.4 Å². The van der Waals surface area contributed by atoms with Gasteiger partial charge in [0.2, 0.25) is 5.91 Å². The second kappa shape index (κ2) is 13.7. The molecule has 0 bridgehead atoms. The molecule has 1 rings (SSSR count). The van der Waals surface area contributed by atoms with Crippen molar-refractivity contribution in [2.24, 2.45) is 4.99 Å². The highest BCUT2D eigenvalue weighted by Gasteiger charge is 2.15. The summed E-state index contributed by atoms with van der Waals surface area (Å²) < 4.78 is 5.16. The van der Waals surface area contributed by atoms with Gasteiger partial charge in [0.25, 0.3) is 0 Å². The van der Waals surface area contributed by atoms with E-state index in [1.165, 1.54) is 0 Å². The van der Waals surface area contributed by atoms with Gasteiger partial charge in [-0.2, -0.15) is 0 Å². The van der Waals surface area contributed by atoms with Gasteiger partial charge in [-0.3, -0.25) is 4.79 Å². The molecule has 8 nitrogen and oxygen atoms in total. The largest absolute Gasteiger partial charge is 0.444 e. The number of amides is 2. The maximum Gasteiger partial charge on any atom is 0.407 e. The van der Waals surface area contributed by atoms with Crippen molar-refractivity contribution in [3.05, 3.63) is 29.8 Å². The van der Waals surface area contributed by atoms with E-state index < -0.39 is 11.7 Å². The van der Waals surface area contributed by atoms with Crippen LogP contribution in [0.5, 0.6) is 0 Å². The normalized spacial score (nSPS) is 10.8. The lowest BCUT2D eigenvalue weighted by molar-refractivity contribution is -0.114. The second-order valence-corrected chi connectivity index (χ2v) is 6.82. The molecule has 0 aliphatic carbocycles. The molecule has 0 fully saturated rings. The topological polar surface area (TPSA) is 104 Å². The monoisotopic (exact) mass is 515 g/mol. The van der Waals surface area contributed by atoms with Crippen LogP contribution >= 0.6 is 24.0 Å². The number of alkyl carbamates (subject to hydrolysis) is 1. The van der Waals surface area contributed by atoms with E-state index in [4.69, 9.17) is 11.2 Å². The lowest BCUT2D eigenvalue weighted by atomic mass is 10.2. The van der Waals surface area contributed by atoms with E-state index in [9.17, 15) is 9.59 Å². The fourth-order valence-corrected chi connectivity index (χ4v) is 2.04. The van der Waals surface area contributed by atoms with Gasteiger partial charge in [-0.05, 0) is 45.9 Å². The van der Waals surface area contributed by atoms with Crippen LogP contribution in [0.15, 0.2) is 29.3 Å². The van der Waals surface area contributed by atoms with Gasteiger partial charge >= 0.3 is 6.09 Å². The number of nitrogens with zero attached hydrogens (tertiary/aromatic N) is 1. The van der Waals surface area contributed by atoms with Crippen LogP contribution in [0.25, 0.3) is 0 Å². The van der Waals surface area contributed by atoms with Crippen molar-refractivity contribution in [1.82, 2.24) is 16.0 Å². The Morgan fingerprint density at radius 1 is 1.17 bits per heavy atom. The summed E-state index contributed by atoms with van der Waals surface area (Å²) in [5.41, 5.74) is 0.769. The fraction of sp³-hybridized carbons (Fsp3) is 0.450. The Hall–Kier alpha value is -2.48. The van der Waals surface area contributed by atoms with E-state index in [2.05, 4.69) is 32.2 Å². The molecule has 0 atom stereocenters. The summed E-state index contributed by atoms with van der Waals surface area (Å²) >= 11 is 0. The third-order valence-corrected chi connectivity index (χ3v) is 3.12. The zero-order valence-corrected chi connectivity index (χ0v) is 19.6. The summed E-state index contributed by atoms with van der Waals surface area (Å²) in [6.45, 7) is 8.67. The molecule has 0 saturated heterocycles. The number of hydrogen-bond donors (Lipinski definition) is 4. The number of carbonyl (C=O) groups is 2. The van der Waals surface area contributed by atoms with Crippen LogP contribution in [0.3, 0.4) is 0 Å². The van der Waals surface area contributed by atoms with Crippen LogP contribution in [-0.4, -0.2) is 49.7 Å². The Kier molecular flexibility index (Phi) is 12.5. The van der Waals surface area contributed by atoms with Crippen molar-refractivity contribution in [3.8, 4) is 12.3 Å². The first kappa shape index (κ1) is 26.5. The number of nitrogens with one attached hydrogen (secondary N) is 4. The zero-order valence-electron chi connectivity index (χ0n) is 17.3. The second-order valence-electron chi connectivity index (χ2n) is 6.82. The summed E-state index contributed by atoms with van der Waals surface area (Å²) in [5, 5.41) is 11.5. The highest BCUT2D eigenvalue weighted by molar-refractivity contribution is 14.0. The minimum Gasteiger partial charge on any atom is -0.444 e. The van der Waals surface area contributed by atoms with Crippen LogP contribution in [0, 0.1) is 12.3 Å². The summed E-state index contributed by atoms with van der Waals surface area (Å²) in [4.78, 5) is 27.9. The average Bonchev–Trinajstić information content (AvgIpc) is 2.61. The molecule has 0 unspecified atom stereocenters. The van der Waals surface area contributed by atoms with E-state index >= 15 is 0 Å². The molecule has 0 saturated carbocycles. The Balaban J connectivity index is 0.00000784. The lowest BCUT2D eigenvalue weighted by Gasteiger charge is -2.19. The molecule has 0 aliphatic rings. The fourth-order valence-electron chi connectivity index (χ4n) is 2.04. The summed E-state index contributed by atoms with van der Waals surface area (Å²) in [7, 11) is 0. The molecule has 2 amide bonds. The number of rotatable bonds is 7. The van der Waals surface area contributed by atoms with Gasteiger partial charge in [-0.15, -0.1) is 30.4 Å². The number of guanidine groups is 1. The third-order valence-electron chi connectivity index (χ3n) is 3.12. The minimum atomic E-state index is -0.541. The van der Waals surface area contributed by atoms with Crippen LogP contribution in [0.2, 0.25) is 0 Å². The Morgan fingerprint density at radius 3 is 2.48 bits per heavy atom. The highest BCUT2D eigenvalue weighted by atomic mass is 127. The number of ether oxygens (including phenoxy) is 1. The first-order valence-electron chi connectivity index (χ1n) is 9.09. The number of aliphatic imine (C=N–C) groups is 1. The summed E-state index contributed by atoms with van der Waals surface area (Å²) in [6.07, 6.45) is 4.87. The van der Waals surface area contributed by atoms with E-state index in [1.54, 1.807) is 45.0 Å². The standard InChI is InChI=1S/C20H29N5O3.HI/c1-6-15-9-8-10-16(13-15)25-17(26)14-24-18(21-7-2)22-11-12-23-19(27)28-20(3,4)5;/h1,8-10,13H,7,11-12,14H2,2-5H3,(H,23,27)(H,25,26)(H2,21,22,24);1H. The predicted octanol–water partition coefficient (Wildman–Crippen LogP) is 2.30. The smallest absolute Gasteiger partial charge is 0.407 e. The Morgan fingerprint density at radius 2 is 1.86 bits per heavy atom. The number of terminal acetylenes is 1.